The molecule has 0 amide bonds. The summed E-state index contributed by atoms with van der Waals surface area (Å²) in [4.78, 5) is 4.38. The molecule has 17 heavy (non-hydrogen) atoms. The second kappa shape index (κ2) is 4.11. The SMILES string of the molecule is O[C@H]1CC[C@@]2(CC1)CNc1ncc(Br)c(Cl)c12. The molecule has 2 aliphatic rings. The van der Waals surface area contributed by atoms with Gasteiger partial charge in [-0.1, -0.05) is 11.6 Å². The first-order chi connectivity index (χ1) is 8.12. The lowest BCUT2D eigenvalue weighted by Gasteiger charge is -2.35. The Morgan fingerprint density at radius 1 is 1.47 bits per heavy atom. The Morgan fingerprint density at radius 3 is 2.88 bits per heavy atom. The predicted molar refractivity (Wildman–Crippen MR) is 71.6 cm³/mol. The number of nitrogens with one attached hydrogen (secondary N) is 1. The molecule has 5 heteroatoms. The highest BCUT2D eigenvalue weighted by Gasteiger charge is 2.44. The molecule has 1 aliphatic heterocycles. The van der Waals surface area contributed by atoms with Gasteiger partial charge in [-0.2, -0.15) is 0 Å². The maximum atomic E-state index is 9.65. The second-order valence-corrected chi connectivity index (χ2v) is 6.24. The number of halogens is 2. The maximum absolute atomic E-state index is 9.65. The van der Waals surface area contributed by atoms with Crippen LogP contribution in [0.15, 0.2) is 10.7 Å². The van der Waals surface area contributed by atoms with Crippen molar-refractivity contribution < 1.29 is 5.11 Å². The van der Waals surface area contributed by atoms with Gasteiger partial charge in [0, 0.05) is 23.7 Å². The maximum Gasteiger partial charge on any atom is 0.131 e. The van der Waals surface area contributed by atoms with Crippen molar-refractivity contribution in [1.82, 2.24) is 4.98 Å². The van der Waals surface area contributed by atoms with Crippen LogP contribution >= 0.6 is 27.5 Å². The van der Waals surface area contributed by atoms with Crippen molar-refractivity contribution in [1.29, 1.82) is 0 Å². The Hall–Kier alpha value is -0.320. The van der Waals surface area contributed by atoms with Crippen LogP contribution in [0, 0.1) is 0 Å². The van der Waals surface area contributed by atoms with Gasteiger partial charge in [-0.15, -0.1) is 0 Å². The lowest BCUT2D eigenvalue weighted by Crippen LogP contribution is -2.35. The van der Waals surface area contributed by atoms with E-state index in [0.717, 1.165) is 53.1 Å². The molecule has 92 valence electrons. The fraction of sp³-hybridized carbons (Fsp3) is 0.583. The van der Waals surface area contributed by atoms with Crippen molar-refractivity contribution in [3.05, 3.63) is 21.3 Å². The van der Waals surface area contributed by atoms with Crippen LogP contribution in [0.3, 0.4) is 0 Å². The summed E-state index contributed by atoms with van der Waals surface area (Å²) in [6, 6.07) is 0. The minimum atomic E-state index is -0.149. The van der Waals surface area contributed by atoms with Gasteiger partial charge in [-0.05, 0) is 41.6 Å². The largest absolute Gasteiger partial charge is 0.393 e. The van der Waals surface area contributed by atoms with Crippen molar-refractivity contribution in [2.45, 2.75) is 37.2 Å². The van der Waals surface area contributed by atoms with E-state index in [0.29, 0.717) is 0 Å². The first-order valence-electron chi connectivity index (χ1n) is 5.89. The van der Waals surface area contributed by atoms with Gasteiger partial charge in [0.15, 0.2) is 0 Å². The zero-order valence-corrected chi connectivity index (χ0v) is 11.7. The van der Waals surface area contributed by atoms with E-state index in [-0.39, 0.29) is 11.5 Å². The number of nitrogens with zero attached hydrogens (tertiary/aromatic N) is 1. The van der Waals surface area contributed by atoms with E-state index in [1.807, 2.05) is 0 Å². The van der Waals surface area contributed by atoms with Gasteiger partial charge in [-0.3, -0.25) is 0 Å². The third-order valence-electron chi connectivity index (χ3n) is 4.01. The third kappa shape index (κ3) is 1.77. The van der Waals surface area contributed by atoms with Gasteiger partial charge in [0.05, 0.1) is 15.6 Å². The average Bonchev–Trinajstić information content (AvgIpc) is 2.68. The molecule has 1 spiro atoms. The van der Waals surface area contributed by atoms with Gasteiger partial charge in [0.25, 0.3) is 0 Å². The number of pyridine rings is 1. The van der Waals surface area contributed by atoms with Gasteiger partial charge in [-0.25, -0.2) is 4.98 Å². The molecule has 1 aliphatic carbocycles. The predicted octanol–water partition coefficient (Wildman–Crippen LogP) is 3.10. The van der Waals surface area contributed by atoms with E-state index in [1.54, 1.807) is 6.20 Å². The molecule has 1 aromatic rings. The number of fused-ring (bicyclic) bond motifs is 2. The number of aliphatic hydroxyl groups is 1. The summed E-state index contributed by atoms with van der Waals surface area (Å²) in [5.74, 6) is 0.912. The lowest BCUT2D eigenvalue weighted by atomic mass is 9.70. The van der Waals surface area contributed by atoms with Crippen molar-refractivity contribution in [3.63, 3.8) is 0 Å². The summed E-state index contributed by atoms with van der Waals surface area (Å²) < 4.78 is 0.854. The van der Waals surface area contributed by atoms with Gasteiger partial charge >= 0.3 is 0 Å². The van der Waals surface area contributed by atoms with Crippen LogP contribution in [-0.2, 0) is 5.41 Å². The van der Waals surface area contributed by atoms with Crippen LogP contribution in [0.5, 0.6) is 0 Å². The van der Waals surface area contributed by atoms with Crippen LogP contribution in [0.2, 0.25) is 5.02 Å². The molecule has 1 saturated carbocycles. The molecule has 2 N–H and O–H groups in total. The van der Waals surface area contributed by atoms with Crippen LogP contribution < -0.4 is 5.32 Å². The number of anilines is 1. The molecule has 0 unspecified atom stereocenters. The van der Waals surface area contributed by atoms with Crippen LogP contribution in [-0.4, -0.2) is 22.7 Å². The quantitative estimate of drug-likeness (QED) is 0.773. The molecule has 0 radical (unpaired) electrons. The first-order valence-corrected chi connectivity index (χ1v) is 7.06. The second-order valence-electron chi connectivity index (χ2n) is 5.01. The molecule has 3 nitrogen and oxygen atoms in total. The molecule has 1 aromatic heterocycles. The van der Waals surface area contributed by atoms with Crippen molar-refractivity contribution in [2.75, 3.05) is 11.9 Å². The highest BCUT2D eigenvalue weighted by Crippen LogP contribution is 2.50. The Kier molecular flexibility index (Phi) is 2.84. The summed E-state index contributed by atoms with van der Waals surface area (Å²) in [5.41, 5.74) is 1.21. The molecular weight excluding hydrogens is 304 g/mol. The lowest BCUT2D eigenvalue weighted by molar-refractivity contribution is 0.101. The van der Waals surface area contributed by atoms with E-state index >= 15 is 0 Å². The smallest absolute Gasteiger partial charge is 0.131 e. The zero-order valence-electron chi connectivity index (χ0n) is 9.34. The fourth-order valence-corrected chi connectivity index (χ4v) is 3.65. The Bertz CT molecular complexity index is 458. The Balaban J connectivity index is 2.05. The highest BCUT2D eigenvalue weighted by atomic mass is 79.9. The standard InChI is InChI=1S/C12H14BrClN2O/c13-8-5-15-11-9(10(8)14)12(6-16-11)3-1-7(17)2-4-12/h5,7,17H,1-4,6H2,(H,15,16)/t7-,12+. The van der Waals surface area contributed by atoms with Gasteiger partial charge in [0.2, 0.25) is 0 Å². The average molecular weight is 318 g/mol. The molecule has 0 saturated heterocycles. The van der Waals surface area contributed by atoms with Gasteiger partial charge < -0.3 is 10.4 Å². The monoisotopic (exact) mass is 316 g/mol. The summed E-state index contributed by atoms with van der Waals surface area (Å²) in [6.45, 7) is 0.887. The van der Waals surface area contributed by atoms with E-state index in [9.17, 15) is 5.11 Å². The molecule has 3 rings (SSSR count). The third-order valence-corrected chi connectivity index (χ3v) is 5.23. The molecule has 0 aromatic carbocycles. The Morgan fingerprint density at radius 2 is 2.18 bits per heavy atom. The molecule has 0 bridgehead atoms. The van der Waals surface area contributed by atoms with Crippen LogP contribution in [0.25, 0.3) is 0 Å². The van der Waals surface area contributed by atoms with Crippen molar-refractivity contribution in [2.24, 2.45) is 0 Å². The first kappa shape index (κ1) is 11.8. The topological polar surface area (TPSA) is 45.1 Å². The van der Waals surface area contributed by atoms with Crippen molar-refractivity contribution >= 4 is 33.3 Å². The number of aliphatic hydroxyl groups excluding tert-OH is 1. The molecular formula is C12H14BrClN2O. The number of aromatic nitrogens is 1. The summed E-state index contributed by atoms with van der Waals surface area (Å²) in [5, 5.41) is 13.8. The summed E-state index contributed by atoms with van der Waals surface area (Å²) >= 11 is 9.85. The van der Waals surface area contributed by atoms with E-state index in [2.05, 4.69) is 26.2 Å². The van der Waals surface area contributed by atoms with Crippen LogP contribution in [0.1, 0.15) is 31.2 Å². The minimum Gasteiger partial charge on any atom is -0.393 e. The number of rotatable bonds is 0. The van der Waals surface area contributed by atoms with Crippen LogP contribution in [0.4, 0.5) is 5.82 Å². The van der Waals surface area contributed by atoms with E-state index in [1.165, 1.54) is 0 Å². The number of hydrogen-bond donors (Lipinski definition) is 2. The van der Waals surface area contributed by atoms with E-state index in [4.69, 9.17) is 11.6 Å². The molecule has 1 fully saturated rings. The van der Waals surface area contributed by atoms with E-state index < -0.39 is 0 Å². The zero-order chi connectivity index (χ0) is 12.0. The number of hydrogen-bond acceptors (Lipinski definition) is 3. The fourth-order valence-electron chi connectivity index (χ4n) is 3.01. The normalized spacial score (nSPS) is 31.4. The Labute approximate surface area is 114 Å². The van der Waals surface area contributed by atoms with Gasteiger partial charge in [0.1, 0.15) is 5.82 Å². The van der Waals surface area contributed by atoms with Crippen molar-refractivity contribution in [3.8, 4) is 0 Å². The molecule has 0 atom stereocenters. The summed E-state index contributed by atoms with van der Waals surface area (Å²) in [6.07, 6.45) is 5.25. The summed E-state index contributed by atoms with van der Waals surface area (Å²) in [7, 11) is 0. The minimum absolute atomic E-state index is 0.0719. The molecule has 2 heterocycles. The highest BCUT2D eigenvalue weighted by molar-refractivity contribution is 9.10.